The van der Waals surface area contributed by atoms with Gasteiger partial charge in [0, 0.05) is 24.7 Å². The van der Waals surface area contributed by atoms with E-state index < -0.39 is 0 Å². The predicted octanol–water partition coefficient (Wildman–Crippen LogP) is 2.74. The van der Waals surface area contributed by atoms with Gasteiger partial charge in [-0.25, -0.2) is 9.97 Å². The highest BCUT2D eigenvalue weighted by Gasteiger charge is 2.27. The molecule has 1 aromatic heterocycles. The molecule has 0 aliphatic heterocycles. The van der Waals surface area contributed by atoms with Gasteiger partial charge in [0.2, 0.25) is 0 Å². The molecule has 1 N–H and O–H groups in total. The summed E-state index contributed by atoms with van der Waals surface area (Å²) in [5.41, 5.74) is 1.19. The van der Waals surface area contributed by atoms with Crippen molar-refractivity contribution in [2.45, 2.75) is 44.9 Å². The molecule has 82 valence electrons. The Labute approximate surface area is 91.3 Å². The van der Waals surface area contributed by atoms with Crippen LogP contribution in [0.3, 0.4) is 0 Å². The summed E-state index contributed by atoms with van der Waals surface area (Å²) in [6.45, 7) is 2.21. The Hall–Kier alpha value is -1.12. The van der Waals surface area contributed by atoms with Crippen LogP contribution in [0.1, 0.15) is 50.0 Å². The van der Waals surface area contributed by atoms with Crippen molar-refractivity contribution in [1.82, 2.24) is 9.97 Å². The Bertz CT molecular complexity index is 332. The quantitative estimate of drug-likeness (QED) is 0.803. The summed E-state index contributed by atoms with van der Waals surface area (Å²) in [6.07, 6.45) is 6.04. The number of unbranched alkanes of at least 4 members (excludes halogenated alkanes) is 1. The van der Waals surface area contributed by atoms with Crippen molar-refractivity contribution in [2.24, 2.45) is 0 Å². The molecule has 1 aromatic rings. The van der Waals surface area contributed by atoms with Crippen LogP contribution in [0.4, 0.5) is 5.82 Å². The van der Waals surface area contributed by atoms with Gasteiger partial charge < -0.3 is 5.32 Å². The van der Waals surface area contributed by atoms with Crippen molar-refractivity contribution in [1.29, 1.82) is 0 Å². The molecule has 1 saturated carbocycles. The number of rotatable bonds is 5. The van der Waals surface area contributed by atoms with Crippen LogP contribution in [0.5, 0.6) is 0 Å². The fourth-order valence-corrected chi connectivity index (χ4v) is 1.66. The van der Waals surface area contributed by atoms with Gasteiger partial charge in [-0.2, -0.15) is 0 Å². The third kappa shape index (κ3) is 2.67. The molecule has 0 atom stereocenters. The average molecular weight is 205 g/mol. The van der Waals surface area contributed by atoms with E-state index in [0.717, 1.165) is 18.1 Å². The van der Waals surface area contributed by atoms with E-state index in [1.807, 2.05) is 7.05 Å². The Morgan fingerprint density at radius 1 is 1.40 bits per heavy atom. The van der Waals surface area contributed by atoms with Gasteiger partial charge in [0.15, 0.2) is 0 Å². The Balaban J connectivity index is 2.16. The van der Waals surface area contributed by atoms with Crippen molar-refractivity contribution < 1.29 is 0 Å². The van der Waals surface area contributed by atoms with E-state index in [1.165, 1.54) is 31.4 Å². The molecule has 0 amide bonds. The first kappa shape index (κ1) is 10.4. The van der Waals surface area contributed by atoms with E-state index in [9.17, 15) is 0 Å². The van der Waals surface area contributed by atoms with Gasteiger partial charge in [-0.05, 0) is 25.7 Å². The molecule has 1 aliphatic carbocycles. The van der Waals surface area contributed by atoms with Crippen LogP contribution in [0.15, 0.2) is 6.07 Å². The lowest BCUT2D eigenvalue weighted by molar-refractivity contribution is 0.761. The molecule has 3 heteroatoms. The minimum atomic E-state index is 0.638. The van der Waals surface area contributed by atoms with E-state index in [0.29, 0.717) is 5.92 Å². The predicted molar refractivity (Wildman–Crippen MR) is 62.2 cm³/mol. The number of aromatic nitrogens is 2. The maximum absolute atomic E-state index is 4.63. The highest BCUT2D eigenvalue weighted by molar-refractivity contribution is 5.36. The number of nitrogens with zero attached hydrogens (tertiary/aromatic N) is 2. The van der Waals surface area contributed by atoms with Crippen molar-refractivity contribution in [3.05, 3.63) is 17.6 Å². The van der Waals surface area contributed by atoms with E-state index in [2.05, 4.69) is 28.3 Å². The zero-order valence-corrected chi connectivity index (χ0v) is 9.58. The zero-order valence-electron chi connectivity index (χ0n) is 9.58. The Morgan fingerprint density at radius 3 is 2.80 bits per heavy atom. The Morgan fingerprint density at radius 2 is 2.20 bits per heavy atom. The van der Waals surface area contributed by atoms with Gasteiger partial charge in [-0.3, -0.25) is 0 Å². The van der Waals surface area contributed by atoms with Crippen molar-refractivity contribution in [3.63, 3.8) is 0 Å². The molecule has 0 bridgehead atoms. The van der Waals surface area contributed by atoms with Crippen LogP contribution in [-0.4, -0.2) is 17.0 Å². The van der Waals surface area contributed by atoms with E-state index >= 15 is 0 Å². The van der Waals surface area contributed by atoms with Crippen LogP contribution in [0.2, 0.25) is 0 Å². The van der Waals surface area contributed by atoms with Crippen LogP contribution < -0.4 is 5.32 Å². The third-order valence-electron chi connectivity index (χ3n) is 2.78. The number of hydrogen-bond donors (Lipinski definition) is 1. The smallest absolute Gasteiger partial charge is 0.134 e. The lowest BCUT2D eigenvalue weighted by atomic mass is 10.2. The Kier molecular flexibility index (Phi) is 3.19. The van der Waals surface area contributed by atoms with Crippen LogP contribution in [0.25, 0.3) is 0 Å². The van der Waals surface area contributed by atoms with E-state index in [1.54, 1.807) is 0 Å². The molecular formula is C12H19N3. The summed E-state index contributed by atoms with van der Waals surface area (Å²) in [6, 6.07) is 2.07. The SMILES string of the molecule is CCCCc1cc(NC)nc(C2CC2)n1. The van der Waals surface area contributed by atoms with Gasteiger partial charge in [0.1, 0.15) is 11.6 Å². The molecule has 0 aromatic carbocycles. The fourth-order valence-electron chi connectivity index (χ4n) is 1.66. The third-order valence-corrected chi connectivity index (χ3v) is 2.78. The van der Waals surface area contributed by atoms with E-state index in [-0.39, 0.29) is 0 Å². The summed E-state index contributed by atoms with van der Waals surface area (Å²) >= 11 is 0. The molecular weight excluding hydrogens is 186 g/mol. The van der Waals surface area contributed by atoms with Gasteiger partial charge >= 0.3 is 0 Å². The van der Waals surface area contributed by atoms with Gasteiger partial charge in [-0.15, -0.1) is 0 Å². The molecule has 1 aliphatic rings. The first-order chi connectivity index (χ1) is 7.33. The fraction of sp³-hybridized carbons (Fsp3) is 0.667. The monoisotopic (exact) mass is 205 g/mol. The van der Waals surface area contributed by atoms with Gasteiger partial charge in [0.05, 0.1) is 0 Å². The summed E-state index contributed by atoms with van der Waals surface area (Å²) in [5, 5.41) is 3.12. The van der Waals surface area contributed by atoms with Crippen LogP contribution in [-0.2, 0) is 6.42 Å². The number of anilines is 1. The van der Waals surface area contributed by atoms with Crippen LogP contribution >= 0.6 is 0 Å². The molecule has 0 unspecified atom stereocenters. The number of hydrogen-bond acceptors (Lipinski definition) is 3. The molecule has 2 rings (SSSR count). The molecule has 0 saturated heterocycles. The van der Waals surface area contributed by atoms with Gasteiger partial charge in [-0.1, -0.05) is 13.3 Å². The number of aryl methyl sites for hydroxylation is 1. The second-order valence-electron chi connectivity index (χ2n) is 4.23. The summed E-state index contributed by atoms with van der Waals surface area (Å²) in [4.78, 5) is 9.13. The van der Waals surface area contributed by atoms with Crippen molar-refractivity contribution >= 4 is 5.82 Å². The first-order valence-corrected chi connectivity index (χ1v) is 5.89. The lowest BCUT2D eigenvalue weighted by Gasteiger charge is -2.06. The highest BCUT2D eigenvalue weighted by atomic mass is 15.0. The summed E-state index contributed by atoms with van der Waals surface area (Å²) in [5.74, 6) is 2.66. The lowest BCUT2D eigenvalue weighted by Crippen LogP contribution is -2.02. The minimum Gasteiger partial charge on any atom is -0.373 e. The molecule has 0 spiro atoms. The van der Waals surface area contributed by atoms with Crippen molar-refractivity contribution in [2.75, 3.05) is 12.4 Å². The summed E-state index contributed by atoms with van der Waals surface area (Å²) in [7, 11) is 1.92. The standard InChI is InChI=1S/C12H19N3/c1-3-4-5-10-8-11(13-2)15-12(14-10)9-6-7-9/h8-9H,3-7H2,1-2H3,(H,13,14,15). The van der Waals surface area contributed by atoms with Crippen LogP contribution in [0, 0.1) is 0 Å². The topological polar surface area (TPSA) is 37.8 Å². The molecule has 15 heavy (non-hydrogen) atoms. The van der Waals surface area contributed by atoms with Crippen molar-refractivity contribution in [3.8, 4) is 0 Å². The van der Waals surface area contributed by atoms with Gasteiger partial charge in [0.25, 0.3) is 0 Å². The zero-order chi connectivity index (χ0) is 10.7. The normalized spacial score (nSPS) is 15.3. The maximum atomic E-state index is 4.63. The second-order valence-corrected chi connectivity index (χ2v) is 4.23. The van der Waals surface area contributed by atoms with E-state index in [4.69, 9.17) is 0 Å². The first-order valence-electron chi connectivity index (χ1n) is 5.89. The largest absolute Gasteiger partial charge is 0.373 e. The molecule has 3 nitrogen and oxygen atoms in total. The number of nitrogens with one attached hydrogen (secondary N) is 1. The maximum Gasteiger partial charge on any atom is 0.134 e. The highest BCUT2D eigenvalue weighted by Crippen LogP contribution is 2.38. The molecule has 0 radical (unpaired) electrons. The average Bonchev–Trinajstić information content (AvgIpc) is 3.09. The molecule has 1 fully saturated rings. The summed E-state index contributed by atoms with van der Waals surface area (Å²) < 4.78 is 0. The molecule has 1 heterocycles. The second kappa shape index (κ2) is 4.60. The minimum absolute atomic E-state index is 0.638.